The van der Waals surface area contributed by atoms with E-state index >= 15 is 0 Å². The monoisotopic (exact) mass is 312 g/mol. The van der Waals surface area contributed by atoms with Gasteiger partial charge < -0.3 is 4.74 Å². The molecule has 0 unspecified atom stereocenters. The van der Waals surface area contributed by atoms with E-state index in [2.05, 4.69) is 33.5 Å². The fraction of sp³-hybridized carbons (Fsp3) is 0.188. The molecule has 0 amide bonds. The molecule has 3 aromatic rings. The summed E-state index contributed by atoms with van der Waals surface area (Å²) in [6.45, 7) is 2.13. The van der Waals surface area contributed by atoms with Crippen LogP contribution in [0.1, 0.15) is 17.4 Å². The first kappa shape index (κ1) is 14.5. The maximum atomic E-state index is 5.13. The number of hydrogen-bond donors (Lipinski definition) is 1. The number of methoxy groups -OCH3 is 1. The summed E-state index contributed by atoms with van der Waals surface area (Å²) in [5.74, 6) is 1.55. The van der Waals surface area contributed by atoms with E-state index < -0.39 is 0 Å². The topological polar surface area (TPSA) is 59.4 Å². The summed E-state index contributed by atoms with van der Waals surface area (Å²) in [5.41, 5.74) is 3.98. The Morgan fingerprint density at radius 2 is 2.09 bits per heavy atom. The number of thiophene rings is 1. The fourth-order valence-corrected chi connectivity index (χ4v) is 2.96. The molecule has 0 aliphatic heterocycles. The minimum Gasteiger partial charge on any atom is -0.497 e. The van der Waals surface area contributed by atoms with Crippen molar-refractivity contribution in [3.8, 4) is 5.75 Å². The lowest BCUT2D eigenvalue weighted by molar-refractivity contribution is 0.415. The van der Waals surface area contributed by atoms with Crippen molar-refractivity contribution in [3.63, 3.8) is 0 Å². The van der Waals surface area contributed by atoms with Gasteiger partial charge in [-0.05, 0) is 42.3 Å². The van der Waals surface area contributed by atoms with Crippen LogP contribution in [0.25, 0.3) is 10.2 Å². The molecule has 1 N–H and O–H groups in total. The van der Waals surface area contributed by atoms with Gasteiger partial charge in [0.1, 0.15) is 16.9 Å². The number of hydrazone groups is 1. The average Bonchev–Trinajstić information content (AvgIpc) is 2.99. The van der Waals surface area contributed by atoms with Gasteiger partial charge in [0.05, 0.1) is 18.7 Å². The standard InChI is InChI=1S/C16H16N4OS/c1-3-13-8-14-15(17-10-18-16(14)22-13)20-19-9-11-4-6-12(21-2)7-5-11/h4-10H,3H2,1-2H3,(H,17,18,20)/b19-9+. The average molecular weight is 312 g/mol. The lowest BCUT2D eigenvalue weighted by Gasteiger charge is -2.01. The zero-order valence-electron chi connectivity index (χ0n) is 12.4. The Morgan fingerprint density at radius 1 is 1.27 bits per heavy atom. The molecule has 0 fully saturated rings. The lowest BCUT2D eigenvalue weighted by Crippen LogP contribution is -1.94. The highest BCUT2D eigenvalue weighted by Gasteiger charge is 2.06. The summed E-state index contributed by atoms with van der Waals surface area (Å²) in [7, 11) is 1.65. The van der Waals surface area contributed by atoms with Crippen LogP contribution in [-0.4, -0.2) is 23.3 Å². The molecule has 0 saturated carbocycles. The zero-order chi connectivity index (χ0) is 15.4. The molecule has 6 heteroatoms. The third kappa shape index (κ3) is 3.07. The number of ether oxygens (including phenoxy) is 1. The molecule has 0 radical (unpaired) electrons. The number of benzene rings is 1. The smallest absolute Gasteiger partial charge is 0.158 e. The van der Waals surface area contributed by atoms with Crippen molar-refractivity contribution in [2.24, 2.45) is 5.10 Å². The summed E-state index contributed by atoms with van der Waals surface area (Å²) in [4.78, 5) is 10.8. The van der Waals surface area contributed by atoms with Gasteiger partial charge in [0.25, 0.3) is 0 Å². The van der Waals surface area contributed by atoms with E-state index in [-0.39, 0.29) is 0 Å². The molecule has 0 atom stereocenters. The Kier molecular flexibility index (Phi) is 4.29. The van der Waals surface area contributed by atoms with Crippen molar-refractivity contribution in [2.75, 3.05) is 12.5 Å². The number of hydrogen-bond acceptors (Lipinski definition) is 6. The third-order valence-corrected chi connectivity index (χ3v) is 4.42. The van der Waals surface area contributed by atoms with E-state index in [1.54, 1.807) is 31.0 Å². The molecule has 0 aliphatic rings. The van der Waals surface area contributed by atoms with Gasteiger partial charge in [0, 0.05) is 4.88 Å². The summed E-state index contributed by atoms with van der Waals surface area (Å²) in [6, 6.07) is 9.80. The summed E-state index contributed by atoms with van der Waals surface area (Å²) >= 11 is 1.69. The third-order valence-electron chi connectivity index (χ3n) is 3.23. The minimum atomic E-state index is 0.728. The van der Waals surface area contributed by atoms with E-state index in [1.807, 2.05) is 24.3 Å². The van der Waals surface area contributed by atoms with E-state index in [9.17, 15) is 0 Å². The molecular formula is C16H16N4OS. The van der Waals surface area contributed by atoms with Crippen molar-refractivity contribution in [1.29, 1.82) is 0 Å². The number of anilines is 1. The van der Waals surface area contributed by atoms with Crippen molar-refractivity contribution in [3.05, 3.63) is 47.1 Å². The van der Waals surface area contributed by atoms with Crippen molar-refractivity contribution < 1.29 is 4.74 Å². The summed E-state index contributed by atoms with van der Waals surface area (Å²) in [5, 5.41) is 5.26. The van der Waals surface area contributed by atoms with Gasteiger partial charge in [0.15, 0.2) is 5.82 Å². The van der Waals surface area contributed by atoms with E-state index in [4.69, 9.17) is 4.74 Å². The molecule has 5 nitrogen and oxygen atoms in total. The number of rotatable bonds is 5. The number of aryl methyl sites for hydroxylation is 1. The summed E-state index contributed by atoms with van der Waals surface area (Å²) in [6.07, 6.45) is 4.31. The Morgan fingerprint density at radius 3 is 2.82 bits per heavy atom. The molecule has 0 aliphatic carbocycles. The molecule has 3 rings (SSSR count). The predicted molar refractivity (Wildman–Crippen MR) is 91.0 cm³/mol. The molecule has 112 valence electrons. The molecule has 2 aromatic heterocycles. The zero-order valence-corrected chi connectivity index (χ0v) is 13.2. The molecule has 0 bridgehead atoms. The van der Waals surface area contributed by atoms with E-state index in [0.29, 0.717) is 0 Å². The fourth-order valence-electron chi connectivity index (χ4n) is 2.03. The summed E-state index contributed by atoms with van der Waals surface area (Å²) < 4.78 is 5.13. The van der Waals surface area contributed by atoms with E-state index in [1.165, 1.54) is 4.88 Å². The Bertz CT molecular complexity index is 796. The maximum Gasteiger partial charge on any atom is 0.158 e. The van der Waals surface area contributed by atoms with Crippen LogP contribution in [0.15, 0.2) is 41.8 Å². The number of fused-ring (bicyclic) bond motifs is 1. The molecule has 22 heavy (non-hydrogen) atoms. The Hall–Kier alpha value is -2.47. The molecule has 0 saturated heterocycles. The number of aromatic nitrogens is 2. The second kappa shape index (κ2) is 6.53. The first-order valence-electron chi connectivity index (χ1n) is 6.96. The van der Waals surface area contributed by atoms with Gasteiger partial charge in [-0.2, -0.15) is 5.10 Å². The molecule has 0 spiro atoms. The Labute approximate surface area is 132 Å². The van der Waals surface area contributed by atoms with Gasteiger partial charge in [-0.15, -0.1) is 11.3 Å². The van der Waals surface area contributed by atoms with Gasteiger partial charge in [-0.1, -0.05) is 6.92 Å². The quantitative estimate of drug-likeness (QED) is 0.576. The molecular weight excluding hydrogens is 296 g/mol. The van der Waals surface area contributed by atoms with E-state index in [0.717, 1.165) is 33.8 Å². The van der Waals surface area contributed by atoms with Crippen molar-refractivity contribution >= 4 is 33.6 Å². The van der Waals surface area contributed by atoms with Crippen LogP contribution in [0.4, 0.5) is 5.82 Å². The van der Waals surface area contributed by atoms with Crippen LogP contribution >= 0.6 is 11.3 Å². The van der Waals surface area contributed by atoms with Gasteiger partial charge >= 0.3 is 0 Å². The largest absolute Gasteiger partial charge is 0.497 e. The van der Waals surface area contributed by atoms with Crippen LogP contribution in [0.2, 0.25) is 0 Å². The number of nitrogens with zero attached hydrogens (tertiary/aromatic N) is 3. The highest BCUT2D eigenvalue weighted by atomic mass is 32.1. The van der Waals surface area contributed by atoms with Gasteiger partial charge in [0.2, 0.25) is 0 Å². The predicted octanol–water partition coefficient (Wildman–Crippen LogP) is 3.71. The van der Waals surface area contributed by atoms with Crippen LogP contribution in [0.3, 0.4) is 0 Å². The van der Waals surface area contributed by atoms with Crippen LogP contribution in [0, 0.1) is 0 Å². The normalized spacial score (nSPS) is 11.2. The first-order valence-corrected chi connectivity index (χ1v) is 7.78. The number of nitrogens with one attached hydrogen (secondary N) is 1. The molecule has 1 aromatic carbocycles. The highest BCUT2D eigenvalue weighted by Crippen LogP contribution is 2.28. The van der Waals surface area contributed by atoms with Gasteiger partial charge in [-0.25, -0.2) is 9.97 Å². The maximum absolute atomic E-state index is 5.13. The van der Waals surface area contributed by atoms with Crippen LogP contribution < -0.4 is 10.2 Å². The van der Waals surface area contributed by atoms with Crippen LogP contribution in [0.5, 0.6) is 5.75 Å². The first-order chi connectivity index (χ1) is 10.8. The SMILES string of the molecule is CCc1cc2c(N/N=C/c3ccc(OC)cc3)ncnc2s1. The Balaban J connectivity index is 1.77. The highest BCUT2D eigenvalue weighted by molar-refractivity contribution is 7.18. The molecule has 2 heterocycles. The second-order valence-electron chi connectivity index (χ2n) is 4.65. The van der Waals surface area contributed by atoms with Crippen LogP contribution in [-0.2, 0) is 6.42 Å². The lowest BCUT2D eigenvalue weighted by atomic mass is 10.2. The minimum absolute atomic E-state index is 0.728. The van der Waals surface area contributed by atoms with Gasteiger partial charge in [-0.3, -0.25) is 5.43 Å². The van der Waals surface area contributed by atoms with Crippen molar-refractivity contribution in [1.82, 2.24) is 9.97 Å². The second-order valence-corrected chi connectivity index (χ2v) is 5.77. The van der Waals surface area contributed by atoms with Crippen molar-refractivity contribution in [2.45, 2.75) is 13.3 Å².